The Morgan fingerprint density at radius 3 is 2.58 bits per heavy atom. The zero-order valence-electron chi connectivity index (χ0n) is 10.5. The summed E-state index contributed by atoms with van der Waals surface area (Å²) in [4.78, 5) is 4.28. The van der Waals surface area contributed by atoms with E-state index in [2.05, 4.69) is 47.4 Å². The second kappa shape index (κ2) is 6.60. The van der Waals surface area contributed by atoms with Crippen molar-refractivity contribution in [1.82, 2.24) is 20.2 Å². The molecular weight excluding hydrogens is 374 g/mol. The third-order valence-electron chi connectivity index (χ3n) is 2.87. The second-order valence-electron chi connectivity index (χ2n) is 4.12. The van der Waals surface area contributed by atoms with E-state index in [9.17, 15) is 0 Å². The van der Waals surface area contributed by atoms with Gasteiger partial charge in [0.25, 0.3) is 0 Å². The van der Waals surface area contributed by atoms with Crippen molar-refractivity contribution < 1.29 is 0 Å². The van der Waals surface area contributed by atoms with Crippen molar-refractivity contribution in [1.29, 1.82) is 0 Å². The predicted octanol–water partition coefficient (Wildman–Crippen LogP) is 2.57. The van der Waals surface area contributed by atoms with Crippen LogP contribution >= 0.6 is 31.9 Å². The number of halogens is 2. The molecule has 5 nitrogen and oxygen atoms in total. The number of aromatic nitrogens is 3. The summed E-state index contributed by atoms with van der Waals surface area (Å²) >= 11 is 6.97. The molecule has 0 aliphatic carbocycles. The van der Waals surface area contributed by atoms with Crippen molar-refractivity contribution in [2.45, 2.75) is 25.9 Å². The van der Waals surface area contributed by atoms with Gasteiger partial charge in [-0.3, -0.25) is 16.0 Å². The Bertz CT molecular complexity index is 535. The third-order valence-corrected chi connectivity index (χ3v) is 3.79. The summed E-state index contributed by atoms with van der Waals surface area (Å²) in [5.41, 5.74) is 3.93. The standard InChI is InChI=1S/C12H15Br2N5/c1-2-19-12(16-7-17-19)6-11(18-15)8-3-9(13)5-10(14)4-8/h3-5,7,11,18H,2,6,15H2,1H3. The molecule has 7 heteroatoms. The Labute approximate surface area is 128 Å². The van der Waals surface area contributed by atoms with Gasteiger partial charge in [0.15, 0.2) is 0 Å². The Balaban J connectivity index is 2.25. The molecule has 0 bridgehead atoms. The Kier molecular flexibility index (Phi) is 5.09. The van der Waals surface area contributed by atoms with E-state index in [0.717, 1.165) is 26.9 Å². The third kappa shape index (κ3) is 3.62. The summed E-state index contributed by atoms with van der Waals surface area (Å²) in [5, 5.41) is 4.17. The minimum absolute atomic E-state index is 0.0108. The number of nitrogens with one attached hydrogen (secondary N) is 1. The molecule has 3 N–H and O–H groups in total. The van der Waals surface area contributed by atoms with Crippen LogP contribution < -0.4 is 11.3 Å². The van der Waals surface area contributed by atoms with Gasteiger partial charge in [-0.2, -0.15) is 5.10 Å². The van der Waals surface area contributed by atoms with Gasteiger partial charge in [-0.05, 0) is 30.7 Å². The van der Waals surface area contributed by atoms with Gasteiger partial charge < -0.3 is 0 Å². The maximum Gasteiger partial charge on any atom is 0.138 e. The first-order valence-electron chi connectivity index (χ1n) is 5.92. The number of hydrazine groups is 1. The monoisotopic (exact) mass is 387 g/mol. The van der Waals surface area contributed by atoms with E-state index in [-0.39, 0.29) is 6.04 Å². The summed E-state index contributed by atoms with van der Waals surface area (Å²) in [5.74, 6) is 6.59. The highest BCUT2D eigenvalue weighted by molar-refractivity contribution is 9.11. The van der Waals surface area contributed by atoms with E-state index in [4.69, 9.17) is 5.84 Å². The summed E-state index contributed by atoms with van der Waals surface area (Å²) in [7, 11) is 0. The van der Waals surface area contributed by atoms with Gasteiger partial charge in [0.2, 0.25) is 0 Å². The molecule has 1 atom stereocenters. The van der Waals surface area contributed by atoms with Crippen LogP contribution in [0.15, 0.2) is 33.5 Å². The molecule has 1 unspecified atom stereocenters. The minimum atomic E-state index is -0.0108. The van der Waals surface area contributed by atoms with Crippen LogP contribution in [-0.2, 0) is 13.0 Å². The number of aryl methyl sites for hydroxylation is 1. The van der Waals surface area contributed by atoms with Crippen LogP contribution in [0, 0.1) is 0 Å². The second-order valence-corrected chi connectivity index (χ2v) is 5.95. The van der Waals surface area contributed by atoms with Gasteiger partial charge >= 0.3 is 0 Å². The number of rotatable bonds is 5. The van der Waals surface area contributed by atoms with Crippen LogP contribution in [0.2, 0.25) is 0 Å². The lowest BCUT2D eigenvalue weighted by Crippen LogP contribution is -2.30. The lowest BCUT2D eigenvalue weighted by atomic mass is 10.0. The first-order valence-corrected chi connectivity index (χ1v) is 7.51. The zero-order chi connectivity index (χ0) is 13.8. The summed E-state index contributed by atoms with van der Waals surface area (Å²) in [6.07, 6.45) is 2.26. The fourth-order valence-corrected chi connectivity index (χ4v) is 3.27. The van der Waals surface area contributed by atoms with E-state index >= 15 is 0 Å². The van der Waals surface area contributed by atoms with Crippen molar-refractivity contribution in [3.05, 3.63) is 44.9 Å². The van der Waals surface area contributed by atoms with Gasteiger partial charge in [-0.1, -0.05) is 31.9 Å². The number of nitrogens with two attached hydrogens (primary N) is 1. The van der Waals surface area contributed by atoms with Crippen molar-refractivity contribution >= 4 is 31.9 Å². The molecule has 0 spiro atoms. The first-order chi connectivity index (χ1) is 9.13. The van der Waals surface area contributed by atoms with E-state index < -0.39 is 0 Å². The van der Waals surface area contributed by atoms with Gasteiger partial charge in [-0.25, -0.2) is 4.98 Å². The number of hydrogen-bond acceptors (Lipinski definition) is 4. The Morgan fingerprint density at radius 1 is 1.32 bits per heavy atom. The van der Waals surface area contributed by atoms with Crippen LogP contribution in [0.25, 0.3) is 0 Å². The fraction of sp³-hybridized carbons (Fsp3) is 0.333. The highest BCUT2D eigenvalue weighted by Crippen LogP contribution is 2.25. The highest BCUT2D eigenvalue weighted by atomic mass is 79.9. The zero-order valence-corrected chi connectivity index (χ0v) is 13.6. The van der Waals surface area contributed by atoms with Crippen LogP contribution in [-0.4, -0.2) is 14.8 Å². The molecule has 2 aromatic rings. The largest absolute Gasteiger partial charge is 0.271 e. The topological polar surface area (TPSA) is 68.8 Å². The minimum Gasteiger partial charge on any atom is -0.271 e. The molecule has 0 aliphatic heterocycles. The molecule has 2 rings (SSSR count). The summed E-state index contributed by atoms with van der Waals surface area (Å²) in [6.45, 7) is 2.84. The molecule has 1 aromatic carbocycles. The van der Waals surface area contributed by atoms with Crippen molar-refractivity contribution in [2.24, 2.45) is 5.84 Å². The number of benzene rings is 1. The van der Waals surface area contributed by atoms with E-state index in [0.29, 0.717) is 6.42 Å². The number of nitrogens with zero attached hydrogens (tertiary/aromatic N) is 3. The molecular formula is C12H15Br2N5. The normalized spacial score (nSPS) is 12.6. The summed E-state index contributed by atoms with van der Waals surface area (Å²) < 4.78 is 3.89. The van der Waals surface area contributed by atoms with Crippen molar-refractivity contribution in [3.63, 3.8) is 0 Å². The molecule has 1 aromatic heterocycles. The van der Waals surface area contributed by atoms with E-state index in [1.807, 2.05) is 29.8 Å². The predicted molar refractivity (Wildman–Crippen MR) is 81.3 cm³/mol. The molecule has 0 radical (unpaired) electrons. The molecule has 19 heavy (non-hydrogen) atoms. The van der Waals surface area contributed by atoms with E-state index in [1.54, 1.807) is 6.33 Å². The average Bonchev–Trinajstić information content (AvgIpc) is 2.81. The molecule has 0 saturated carbocycles. The van der Waals surface area contributed by atoms with Crippen LogP contribution in [0.3, 0.4) is 0 Å². The Morgan fingerprint density at radius 2 is 2.00 bits per heavy atom. The Hall–Kier alpha value is -0.760. The highest BCUT2D eigenvalue weighted by Gasteiger charge is 2.15. The molecule has 102 valence electrons. The lowest BCUT2D eigenvalue weighted by Gasteiger charge is -2.17. The smallest absolute Gasteiger partial charge is 0.138 e. The van der Waals surface area contributed by atoms with Crippen LogP contribution in [0.5, 0.6) is 0 Å². The van der Waals surface area contributed by atoms with Gasteiger partial charge in [-0.15, -0.1) is 0 Å². The van der Waals surface area contributed by atoms with Crippen LogP contribution in [0.4, 0.5) is 0 Å². The molecule has 0 fully saturated rings. The summed E-state index contributed by atoms with van der Waals surface area (Å²) in [6, 6.07) is 6.07. The van der Waals surface area contributed by atoms with Crippen molar-refractivity contribution in [2.75, 3.05) is 0 Å². The molecule has 0 amide bonds. The molecule has 1 heterocycles. The van der Waals surface area contributed by atoms with E-state index in [1.165, 1.54) is 0 Å². The quantitative estimate of drug-likeness (QED) is 0.610. The number of hydrogen-bond donors (Lipinski definition) is 2. The maximum absolute atomic E-state index is 5.68. The first kappa shape index (κ1) is 14.6. The molecule has 0 saturated heterocycles. The van der Waals surface area contributed by atoms with Gasteiger partial charge in [0.05, 0.1) is 6.04 Å². The maximum atomic E-state index is 5.68. The van der Waals surface area contributed by atoms with Crippen molar-refractivity contribution in [3.8, 4) is 0 Å². The van der Waals surface area contributed by atoms with Gasteiger partial charge in [0.1, 0.15) is 12.2 Å². The average molecular weight is 389 g/mol. The van der Waals surface area contributed by atoms with Crippen LogP contribution in [0.1, 0.15) is 24.4 Å². The lowest BCUT2D eigenvalue weighted by molar-refractivity contribution is 0.510. The molecule has 0 aliphatic rings. The van der Waals surface area contributed by atoms with Gasteiger partial charge in [0, 0.05) is 21.9 Å². The SMILES string of the molecule is CCn1ncnc1CC(NN)c1cc(Br)cc(Br)c1. The fourth-order valence-electron chi connectivity index (χ4n) is 1.94.